The molecule has 0 spiro atoms. The monoisotopic (exact) mass is 457 g/mol. The van der Waals surface area contributed by atoms with Gasteiger partial charge in [-0.15, -0.1) is 10.2 Å². The Morgan fingerprint density at radius 1 is 1.06 bits per heavy atom. The van der Waals surface area contributed by atoms with E-state index in [0.29, 0.717) is 16.7 Å². The number of ether oxygens (including phenoxy) is 1. The van der Waals surface area contributed by atoms with Gasteiger partial charge in [0.05, 0.1) is 13.2 Å². The second-order valence-electron chi connectivity index (χ2n) is 6.83. The van der Waals surface area contributed by atoms with E-state index in [1.165, 1.54) is 23.9 Å². The van der Waals surface area contributed by atoms with Crippen LogP contribution in [0.3, 0.4) is 0 Å². The number of thioether (sulfide) groups is 1. The van der Waals surface area contributed by atoms with Crippen LogP contribution in [0.5, 0.6) is 0 Å². The molecule has 2 N–H and O–H groups in total. The quantitative estimate of drug-likeness (QED) is 0.378. The first kappa shape index (κ1) is 23.3. The van der Waals surface area contributed by atoms with Crippen molar-refractivity contribution in [3.63, 3.8) is 0 Å². The fourth-order valence-electron chi connectivity index (χ4n) is 2.78. The fraction of sp³-hybridized carbons (Fsp3) is 0.273. The van der Waals surface area contributed by atoms with E-state index in [9.17, 15) is 14.0 Å². The summed E-state index contributed by atoms with van der Waals surface area (Å²) in [5.74, 6) is 0.320. The Kier molecular flexibility index (Phi) is 8.20. The van der Waals surface area contributed by atoms with Crippen LogP contribution in [0.15, 0.2) is 53.7 Å². The number of nitrogens with zero attached hydrogens (tertiary/aromatic N) is 3. The van der Waals surface area contributed by atoms with Crippen LogP contribution in [0.4, 0.5) is 9.18 Å². The van der Waals surface area contributed by atoms with Gasteiger partial charge < -0.3 is 15.4 Å². The van der Waals surface area contributed by atoms with Gasteiger partial charge in [0.1, 0.15) is 12.4 Å². The van der Waals surface area contributed by atoms with Gasteiger partial charge in [0.25, 0.3) is 0 Å². The molecular formula is C22H24FN5O3S. The highest BCUT2D eigenvalue weighted by Gasteiger charge is 2.16. The average Bonchev–Trinajstić information content (AvgIpc) is 3.19. The number of hydrogen-bond donors (Lipinski definition) is 2. The number of hydrogen-bond acceptors (Lipinski definition) is 6. The van der Waals surface area contributed by atoms with Crippen molar-refractivity contribution in [1.29, 1.82) is 0 Å². The van der Waals surface area contributed by atoms with Crippen molar-refractivity contribution >= 4 is 23.8 Å². The molecule has 3 aromatic rings. The van der Waals surface area contributed by atoms with Crippen LogP contribution >= 0.6 is 11.8 Å². The van der Waals surface area contributed by atoms with Crippen LogP contribution in [-0.2, 0) is 21.8 Å². The van der Waals surface area contributed by atoms with Crippen LogP contribution in [0.2, 0.25) is 0 Å². The summed E-state index contributed by atoms with van der Waals surface area (Å²) in [7, 11) is 0. The molecule has 0 radical (unpaired) electrons. The van der Waals surface area contributed by atoms with E-state index in [0.717, 1.165) is 16.8 Å². The minimum Gasteiger partial charge on any atom is -0.465 e. The Balaban J connectivity index is 1.72. The van der Waals surface area contributed by atoms with Gasteiger partial charge in [-0.3, -0.25) is 9.36 Å². The number of aryl methyl sites for hydroxylation is 1. The number of carbonyl (C=O) groups excluding carboxylic acids is 2. The van der Waals surface area contributed by atoms with Crippen molar-refractivity contribution in [2.45, 2.75) is 31.3 Å². The molecule has 0 aliphatic carbocycles. The predicted molar refractivity (Wildman–Crippen MR) is 119 cm³/mol. The summed E-state index contributed by atoms with van der Waals surface area (Å²) in [6, 6.07) is 13.6. The number of carbonyl (C=O) groups is 2. The molecule has 0 unspecified atom stereocenters. The molecule has 1 aromatic heterocycles. The maximum atomic E-state index is 13.2. The lowest BCUT2D eigenvalue weighted by Crippen LogP contribution is -2.39. The summed E-state index contributed by atoms with van der Waals surface area (Å²) >= 11 is 1.46. The SMILES string of the molecule is CCOC(=O)CNC(=O)NCc1nnc(SCc2ccc(F)cc2)n1-c1ccc(C)cc1. The minimum atomic E-state index is -0.517. The molecule has 0 aliphatic heterocycles. The maximum absolute atomic E-state index is 13.2. The van der Waals surface area contributed by atoms with E-state index in [-0.39, 0.29) is 25.5 Å². The van der Waals surface area contributed by atoms with Crippen molar-refractivity contribution in [2.75, 3.05) is 13.2 Å². The molecule has 0 saturated carbocycles. The third kappa shape index (κ3) is 6.55. The Bertz CT molecular complexity index is 1050. The summed E-state index contributed by atoms with van der Waals surface area (Å²) < 4.78 is 19.8. The number of nitrogens with one attached hydrogen (secondary N) is 2. The Labute approximate surface area is 189 Å². The topological polar surface area (TPSA) is 98.1 Å². The van der Waals surface area contributed by atoms with E-state index in [2.05, 4.69) is 20.8 Å². The van der Waals surface area contributed by atoms with Crippen LogP contribution in [0, 0.1) is 12.7 Å². The number of aromatic nitrogens is 3. The molecule has 0 fully saturated rings. The molecule has 168 valence electrons. The lowest BCUT2D eigenvalue weighted by Gasteiger charge is -2.12. The minimum absolute atomic E-state index is 0.104. The third-order valence-electron chi connectivity index (χ3n) is 4.38. The summed E-state index contributed by atoms with van der Waals surface area (Å²) in [5.41, 5.74) is 2.92. The number of amides is 2. The second-order valence-corrected chi connectivity index (χ2v) is 7.77. The molecule has 0 bridgehead atoms. The summed E-state index contributed by atoms with van der Waals surface area (Å²) in [5, 5.41) is 14.3. The van der Waals surface area contributed by atoms with E-state index < -0.39 is 12.0 Å². The predicted octanol–water partition coefficient (Wildman–Crippen LogP) is 3.37. The van der Waals surface area contributed by atoms with Gasteiger partial charge in [-0.1, -0.05) is 41.6 Å². The fourth-order valence-corrected chi connectivity index (χ4v) is 3.70. The number of halogens is 1. The van der Waals surface area contributed by atoms with E-state index in [1.54, 1.807) is 19.1 Å². The molecule has 0 aliphatic rings. The standard InChI is InChI=1S/C22H24FN5O3S/c1-3-31-20(29)13-25-21(30)24-12-19-26-27-22(28(19)18-10-4-15(2)5-11-18)32-14-16-6-8-17(23)9-7-16/h4-11H,3,12-14H2,1-2H3,(H2,24,25,30). The van der Waals surface area contributed by atoms with Crippen LogP contribution in [0.25, 0.3) is 5.69 Å². The summed E-state index contributed by atoms with van der Waals surface area (Å²) in [4.78, 5) is 23.4. The molecule has 0 atom stereocenters. The van der Waals surface area contributed by atoms with Crippen molar-refractivity contribution in [3.8, 4) is 5.69 Å². The van der Waals surface area contributed by atoms with Gasteiger partial charge in [-0.2, -0.15) is 0 Å². The van der Waals surface area contributed by atoms with Crippen molar-refractivity contribution in [2.24, 2.45) is 0 Å². The van der Waals surface area contributed by atoms with Gasteiger partial charge in [-0.05, 0) is 43.7 Å². The molecule has 8 nitrogen and oxygen atoms in total. The normalized spacial score (nSPS) is 10.6. The smallest absolute Gasteiger partial charge is 0.325 e. The van der Waals surface area contributed by atoms with Crippen LogP contribution in [-0.4, -0.2) is 39.9 Å². The van der Waals surface area contributed by atoms with Crippen LogP contribution < -0.4 is 10.6 Å². The van der Waals surface area contributed by atoms with Gasteiger partial charge >= 0.3 is 12.0 Å². The van der Waals surface area contributed by atoms with Gasteiger partial charge in [0.15, 0.2) is 11.0 Å². The zero-order valence-corrected chi connectivity index (χ0v) is 18.6. The highest BCUT2D eigenvalue weighted by Crippen LogP contribution is 2.25. The zero-order valence-electron chi connectivity index (χ0n) is 17.8. The molecule has 10 heteroatoms. The van der Waals surface area contributed by atoms with E-state index in [4.69, 9.17) is 4.74 Å². The Morgan fingerprint density at radius 2 is 1.78 bits per heavy atom. The lowest BCUT2D eigenvalue weighted by atomic mass is 10.2. The van der Waals surface area contributed by atoms with Gasteiger partial charge in [0, 0.05) is 11.4 Å². The van der Waals surface area contributed by atoms with E-state index >= 15 is 0 Å². The molecule has 0 saturated heterocycles. The molecule has 3 rings (SSSR count). The third-order valence-corrected chi connectivity index (χ3v) is 5.38. The molecular weight excluding hydrogens is 433 g/mol. The van der Waals surface area contributed by atoms with Crippen molar-refractivity contribution in [1.82, 2.24) is 25.4 Å². The molecule has 32 heavy (non-hydrogen) atoms. The van der Waals surface area contributed by atoms with Crippen LogP contribution in [0.1, 0.15) is 23.9 Å². The first-order valence-electron chi connectivity index (χ1n) is 10.0. The number of esters is 1. The first-order chi connectivity index (χ1) is 15.5. The van der Waals surface area contributed by atoms with Gasteiger partial charge in [-0.25, -0.2) is 9.18 Å². The van der Waals surface area contributed by atoms with Crippen molar-refractivity contribution in [3.05, 3.63) is 71.3 Å². The maximum Gasteiger partial charge on any atom is 0.325 e. The highest BCUT2D eigenvalue weighted by molar-refractivity contribution is 7.98. The first-order valence-corrected chi connectivity index (χ1v) is 11.0. The van der Waals surface area contributed by atoms with E-state index in [1.807, 2.05) is 35.8 Å². The Morgan fingerprint density at radius 3 is 2.47 bits per heavy atom. The Hall–Kier alpha value is -3.40. The second kappa shape index (κ2) is 11.3. The number of rotatable bonds is 9. The molecule has 1 heterocycles. The summed E-state index contributed by atoms with van der Waals surface area (Å²) in [6.45, 7) is 3.83. The average molecular weight is 458 g/mol. The van der Waals surface area contributed by atoms with Crippen molar-refractivity contribution < 1.29 is 18.7 Å². The number of urea groups is 1. The highest BCUT2D eigenvalue weighted by atomic mass is 32.2. The zero-order chi connectivity index (χ0) is 22.9. The molecule has 2 aromatic carbocycles. The lowest BCUT2D eigenvalue weighted by molar-refractivity contribution is -0.141. The summed E-state index contributed by atoms with van der Waals surface area (Å²) in [6.07, 6.45) is 0. The molecule has 2 amide bonds. The van der Waals surface area contributed by atoms with Gasteiger partial charge in [0.2, 0.25) is 0 Å². The largest absolute Gasteiger partial charge is 0.465 e. The number of benzene rings is 2.